The van der Waals surface area contributed by atoms with Crippen LogP contribution in [0, 0.1) is 0 Å². The van der Waals surface area contributed by atoms with Crippen LogP contribution in [0.3, 0.4) is 0 Å². The van der Waals surface area contributed by atoms with Gasteiger partial charge in [0.2, 0.25) is 0 Å². The van der Waals surface area contributed by atoms with Gasteiger partial charge in [0.15, 0.2) is 0 Å². The van der Waals surface area contributed by atoms with E-state index < -0.39 is 0 Å². The highest BCUT2D eigenvalue weighted by atomic mass is 32.2. The molecule has 0 aromatic heterocycles. The largest absolute Gasteiger partial charge is 0.271 e. The molecule has 0 spiro atoms. The summed E-state index contributed by atoms with van der Waals surface area (Å²) in [4.78, 5) is 1.26. The molecular formula is C17H22N2S. The van der Waals surface area contributed by atoms with Crippen molar-refractivity contribution in [3.8, 4) is 0 Å². The van der Waals surface area contributed by atoms with Gasteiger partial charge in [-0.25, -0.2) is 5.43 Å². The molecule has 3 N–H and O–H groups in total. The molecule has 0 amide bonds. The van der Waals surface area contributed by atoms with Gasteiger partial charge in [0.05, 0.1) is 6.04 Å². The molecule has 20 heavy (non-hydrogen) atoms. The molecule has 1 unspecified atom stereocenters. The number of nitrogens with one attached hydrogen (secondary N) is 1. The SMILES string of the molecule is CCCc1ccc(C(NN)c2ccccc2SC)cc1. The Morgan fingerprint density at radius 2 is 1.80 bits per heavy atom. The van der Waals surface area contributed by atoms with Crippen LogP contribution in [0.2, 0.25) is 0 Å². The molecule has 2 rings (SSSR count). The quantitative estimate of drug-likeness (QED) is 0.480. The molecule has 2 nitrogen and oxygen atoms in total. The van der Waals surface area contributed by atoms with Crippen LogP contribution in [-0.2, 0) is 6.42 Å². The first kappa shape index (κ1) is 15.1. The average Bonchev–Trinajstić information content (AvgIpc) is 2.50. The van der Waals surface area contributed by atoms with Crippen molar-refractivity contribution in [2.24, 2.45) is 5.84 Å². The molecular weight excluding hydrogens is 264 g/mol. The van der Waals surface area contributed by atoms with Gasteiger partial charge in [-0.2, -0.15) is 0 Å². The highest BCUT2D eigenvalue weighted by Crippen LogP contribution is 2.29. The van der Waals surface area contributed by atoms with Crippen LogP contribution in [0.1, 0.15) is 36.1 Å². The number of aryl methyl sites for hydroxylation is 1. The van der Waals surface area contributed by atoms with Crippen molar-refractivity contribution in [1.29, 1.82) is 0 Å². The number of benzene rings is 2. The number of nitrogens with two attached hydrogens (primary N) is 1. The van der Waals surface area contributed by atoms with Gasteiger partial charge < -0.3 is 0 Å². The second kappa shape index (κ2) is 7.48. The summed E-state index contributed by atoms with van der Waals surface area (Å²) >= 11 is 1.75. The molecule has 3 heteroatoms. The van der Waals surface area contributed by atoms with Crippen molar-refractivity contribution in [2.45, 2.75) is 30.7 Å². The third-order valence-electron chi connectivity index (χ3n) is 3.47. The fourth-order valence-electron chi connectivity index (χ4n) is 2.44. The number of hydrazine groups is 1. The Labute approximate surface area is 125 Å². The Hall–Kier alpha value is -1.29. The van der Waals surface area contributed by atoms with Gasteiger partial charge in [0.1, 0.15) is 0 Å². The molecule has 0 heterocycles. The molecule has 0 aliphatic rings. The smallest absolute Gasteiger partial charge is 0.0720 e. The maximum Gasteiger partial charge on any atom is 0.0720 e. The third kappa shape index (κ3) is 3.42. The van der Waals surface area contributed by atoms with Crippen LogP contribution >= 0.6 is 11.8 Å². The van der Waals surface area contributed by atoms with E-state index in [9.17, 15) is 0 Å². The molecule has 0 aliphatic carbocycles. The molecule has 0 fully saturated rings. The van der Waals surface area contributed by atoms with E-state index in [-0.39, 0.29) is 6.04 Å². The van der Waals surface area contributed by atoms with Gasteiger partial charge in [-0.15, -0.1) is 11.8 Å². The van der Waals surface area contributed by atoms with Gasteiger partial charge in [-0.3, -0.25) is 5.84 Å². The van der Waals surface area contributed by atoms with Crippen molar-refractivity contribution in [2.75, 3.05) is 6.26 Å². The van der Waals surface area contributed by atoms with E-state index >= 15 is 0 Å². The summed E-state index contributed by atoms with van der Waals surface area (Å²) in [6.45, 7) is 2.20. The number of hydrogen-bond donors (Lipinski definition) is 2. The summed E-state index contributed by atoms with van der Waals surface area (Å²) in [6, 6.07) is 17.2. The molecule has 0 radical (unpaired) electrons. The normalized spacial score (nSPS) is 12.3. The van der Waals surface area contributed by atoms with Crippen molar-refractivity contribution in [1.82, 2.24) is 5.43 Å². The fourth-order valence-corrected chi connectivity index (χ4v) is 3.07. The minimum Gasteiger partial charge on any atom is -0.271 e. The Bertz CT molecular complexity index is 537. The predicted molar refractivity (Wildman–Crippen MR) is 87.8 cm³/mol. The lowest BCUT2D eigenvalue weighted by molar-refractivity contribution is 0.627. The summed E-state index contributed by atoms with van der Waals surface area (Å²) in [5.41, 5.74) is 6.76. The molecule has 0 saturated carbocycles. The Kier molecular flexibility index (Phi) is 5.65. The van der Waals surface area contributed by atoms with Crippen LogP contribution < -0.4 is 11.3 Å². The maximum absolute atomic E-state index is 5.80. The van der Waals surface area contributed by atoms with Crippen molar-refractivity contribution < 1.29 is 0 Å². The topological polar surface area (TPSA) is 38.0 Å². The van der Waals surface area contributed by atoms with Gasteiger partial charge >= 0.3 is 0 Å². The van der Waals surface area contributed by atoms with E-state index in [4.69, 9.17) is 5.84 Å². The monoisotopic (exact) mass is 286 g/mol. The average molecular weight is 286 g/mol. The van der Waals surface area contributed by atoms with Crippen LogP contribution in [0.5, 0.6) is 0 Å². The molecule has 0 saturated heterocycles. The van der Waals surface area contributed by atoms with E-state index in [0.717, 1.165) is 6.42 Å². The van der Waals surface area contributed by atoms with Crippen molar-refractivity contribution in [3.63, 3.8) is 0 Å². The van der Waals surface area contributed by atoms with E-state index in [1.165, 1.54) is 28.0 Å². The Morgan fingerprint density at radius 1 is 1.10 bits per heavy atom. The second-order valence-corrected chi connectivity index (χ2v) is 5.68. The van der Waals surface area contributed by atoms with E-state index in [1.54, 1.807) is 11.8 Å². The summed E-state index contributed by atoms with van der Waals surface area (Å²) in [5, 5.41) is 0. The summed E-state index contributed by atoms with van der Waals surface area (Å²) in [5.74, 6) is 5.80. The van der Waals surface area contributed by atoms with E-state index in [0.29, 0.717) is 0 Å². The third-order valence-corrected chi connectivity index (χ3v) is 4.28. The number of thioether (sulfide) groups is 1. The highest BCUT2D eigenvalue weighted by Gasteiger charge is 2.15. The standard InChI is InChI=1S/C17H22N2S/c1-3-6-13-9-11-14(12-10-13)17(19-18)15-7-4-5-8-16(15)20-2/h4-5,7-12,17,19H,3,6,18H2,1-2H3. The van der Waals surface area contributed by atoms with Crippen LogP contribution in [-0.4, -0.2) is 6.26 Å². The Morgan fingerprint density at radius 3 is 2.40 bits per heavy atom. The van der Waals surface area contributed by atoms with Crippen LogP contribution in [0.15, 0.2) is 53.4 Å². The maximum atomic E-state index is 5.80. The highest BCUT2D eigenvalue weighted by molar-refractivity contribution is 7.98. The lowest BCUT2D eigenvalue weighted by atomic mass is 9.97. The zero-order valence-corrected chi connectivity index (χ0v) is 12.9. The van der Waals surface area contributed by atoms with Crippen molar-refractivity contribution >= 4 is 11.8 Å². The fraction of sp³-hybridized carbons (Fsp3) is 0.294. The van der Waals surface area contributed by atoms with Gasteiger partial charge in [0, 0.05) is 4.90 Å². The zero-order valence-electron chi connectivity index (χ0n) is 12.1. The Balaban J connectivity index is 2.31. The van der Waals surface area contributed by atoms with Gasteiger partial charge in [-0.05, 0) is 35.4 Å². The first-order chi connectivity index (χ1) is 9.80. The van der Waals surface area contributed by atoms with Gasteiger partial charge in [-0.1, -0.05) is 55.8 Å². The first-order valence-electron chi connectivity index (χ1n) is 6.98. The lowest BCUT2D eigenvalue weighted by Crippen LogP contribution is -2.29. The second-order valence-electron chi connectivity index (χ2n) is 4.83. The predicted octanol–water partition coefficient (Wildman–Crippen LogP) is 3.91. The zero-order chi connectivity index (χ0) is 14.4. The van der Waals surface area contributed by atoms with Gasteiger partial charge in [0.25, 0.3) is 0 Å². The molecule has 0 bridgehead atoms. The first-order valence-corrected chi connectivity index (χ1v) is 8.20. The molecule has 106 valence electrons. The summed E-state index contributed by atoms with van der Waals surface area (Å²) < 4.78 is 0. The molecule has 2 aromatic carbocycles. The molecule has 1 atom stereocenters. The van der Waals surface area contributed by atoms with E-state index in [1.807, 2.05) is 0 Å². The minimum absolute atomic E-state index is 0.0364. The molecule has 0 aliphatic heterocycles. The van der Waals surface area contributed by atoms with Crippen LogP contribution in [0.25, 0.3) is 0 Å². The summed E-state index contributed by atoms with van der Waals surface area (Å²) in [7, 11) is 0. The van der Waals surface area contributed by atoms with Crippen molar-refractivity contribution in [3.05, 3.63) is 65.2 Å². The lowest BCUT2D eigenvalue weighted by Gasteiger charge is -2.19. The number of rotatable bonds is 6. The van der Waals surface area contributed by atoms with E-state index in [2.05, 4.69) is 67.1 Å². The number of hydrogen-bond acceptors (Lipinski definition) is 3. The molecule has 2 aromatic rings. The van der Waals surface area contributed by atoms with Crippen LogP contribution in [0.4, 0.5) is 0 Å². The summed E-state index contributed by atoms with van der Waals surface area (Å²) in [6.07, 6.45) is 4.40. The minimum atomic E-state index is 0.0364.